The van der Waals surface area contributed by atoms with Crippen molar-refractivity contribution in [1.82, 2.24) is 4.98 Å². The van der Waals surface area contributed by atoms with E-state index in [0.717, 1.165) is 0 Å². The van der Waals surface area contributed by atoms with Gasteiger partial charge in [-0.1, -0.05) is 11.6 Å². The normalized spacial score (nSPS) is 14.8. The Kier molecular flexibility index (Phi) is 5.32. The molecule has 0 saturated carbocycles. The Morgan fingerprint density at radius 1 is 1.50 bits per heavy atom. The molecule has 1 rings (SSSR count). The predicted molar refractivity (Wildman–Crippen MR) is 61.8 cm³/mol. The quantitative estimate of drug-likeness (QED) is 0.653. The van der Waals surface area contributed by atoms with Gasteiger partial charge in [0, 0.05) is 11.8 Å². The van der Waals surface area contributed by atoms with Crippen LogP contribution in [0.15, 0.2) is 12.3 Å². The first-order valence-corrected chi connectivity index (χ1v) is 5.81. The lowest BCUT2D eigenvalue weighted by molar-refractivity contribution is -0.159. The summed E-state index contributed by atoms with van der Waals surface area (Å²) >= 11 is 5.57. The van der Waals surface area contributed by atoms with Crippen molar-refractivity contribution in [2.45, 2.75) is 25.3 Å². The maximum Gasteiger partial charge on any atom is 0.417 e. The molecule has 2 N–H and O–H groups in total. The summed E-state index contributed by atoms with van der Waals surface area (Å²) in [6.45, 7) is 1.41. The number of halogens is 4. The highest BCUT2D eigenvalue weighted by Gasteiger charge is 2.34. The highest BCUT2D eigenvalue weighted by Crippen LogP contribution is 2.33. The van der Waals surface area contributed by atoms with Crippen LogP contribution >= 0.6 is 11.6 Å². The van der Waals surface area contributed by atoms with Gasteiger partial charge in [0.2, 0.25) is 0 Å². The van der Waals surface area contributed by atoms with Crippen molar-refractivity contribution in [2.24, 2.45) is 0 Å². The van der Waals surface area contributed by atoms with Crippen LogP contribution < -0.4 is 0 Å². The number of esters is 1. The number of carbonyl (C=O) groups is 1. The number of hydrogen-bond donors (Lipinski definition) is 2. The van der Waals surface area contributed by atoms with Gasteiger partial charge in [0.25, 0.3) is 0 Å². The van der Waals surface area contributed by atoms with Gasteiger partial charge in [0.05, 0.1) is 12.2 Å². The first-order chi connectivity index (χ1) is 9.18. The van der Waals surface area contributed by atoms with Gasteiger partial charge in [-0.2, -0.15) is 13.2 Å². The van der Waals surface area contributed by atoms with Gasteiger partial charge < -0.3 is 14.9 Å². The van der Waals surface area contributed by atoms with E-state index in [2.05, 4.69) is 9.72 Å². The number of nitrogens with zero attached hydrogens (tertiary/aromatic N) is 1. The monoisotopic (exact) mass is 313 g/mol. The van der Waals surface area contributed by atoms with Crippen LogP contribution in [0.5, 0.6) is 0 Å². The zero-order chi connectivity index (χ0) is 15.5. The van der Waals surface area contributed by atoms with Crippen molar-refractivity contribution in [3.05, 3.63) is 28.5 Å². The molecule has 0 aliphatic heterocycles. The summed E-state index contributed by atoms with van der Waals surface area (Å²) in [5, 5.41) is 18.8. The molecule has 0 fully saturated rings. The molecule has 2 unspecified atom stereocenters. The molecule has 0 spiro atoms. The first kappa shape index (κ1) is 16.7. The Balaban J connectivity index is 3.09. The van der Waals surface area contributed by atoms with Crippen LogP contribution in [0, 0.1) is 0 Å². The molecular weight excluding hydrogens is 303 g/mol. The molecule has 0 radical (unpaired) electrons. The van der Waals surface area contributed by atoms with Gasteiger partial charge in [-0.3, -0.25) is 0 Å². The number of aliphatic hydroxyl groups excluding tert-OH is 2. The van der Waals surface area contributed by atoms with Crippen LogP contribution in [0.25, 0.3) is 0 Å². The second-order valence-corrected chi connectivity index (χ2v) is 4.10. The summed E-state index contributed by atoms with van der Waals surface area (Å²) in [6, 6.07) is 0.516. The zero-order valence-electron chi connectivity index (χ0n) is 10.2. The summed E-state index contributed by atoms with van der Waals surface area (Å²) in [6.07, 6.45) is -8.25. The van der Waals surface area contributed by atoms with Gasteiger partial charge in [-0.25, -0.2) is 9.78 Å². The number of rotatable bonds is 4. The van der Waals surface area contributed by atoms with Crippen molar-refractivity contribution >= 4 is 17.6 Å². The smallest absolute Gasteiger partial charge is 0.417 e. The number of pyridine rings is 1. The summed E-state index contributed by atoms with van der Waals surface area (Å²) in [5.74, 6) is -1.17. The molecule has 9 heteroatoms. The van der Waals surface area contributed by atoms with Gasteiger partial charge in [-0.15, -0.1) is 0 Å². The van der Waals surface area contributed by atoms with E-state index in [0.29, 0.717) is 12.3 Å². The van der Waals surface area contributed by atoms with Gasteiger partial charge in [0.15, 0.2) is 6.10 Å². The lowest BCUT2D eigenvalue weighted by atomic mass is 10.0. The molecule has 0 saturated heterocycles. The molecule has 1 aromatic heterocycles. The number of aliphatic hydroxyl groups is 2. The second-order valence-electron chi connectivity index (χ2n) is 3.74. The number of carbonyl (C=O) groups excluding carboxylic acids is 1. The largest absolute Gasteiger partial charge is 0.464 e. The maximum atomic E-state index is 12.5. The number of ether oxygens (including phenoxy) is 1. The summed E-state index contributed by atoms with van der Waals surface area (Å²) in [4.78, 5) is 14.5. The molecule has 1 heterocycles. The van der Waals surface area contributed by atoms with E-state index in [9.17, 15) is 28.2 Å². The first-order valence-electron chi connectivity index (χ1n) is 5.43. The molecule has 20 heavy (non-hydrogen) atoms. The Morgan fingerprint density at radius 3 is 2.60 bits per heavy atom. The summed E-state index contributed by atoms with van der Waals surface area (Å²) in [7, 11) is 0. The van der Waals surface area contributed by atoms with Crippen LogP contribution in [0.4, 0.5) is 13.2 Å². The van der Waals surface area contributed by atoms with Crippen LogP contribution in [-0.2, 0) is 15.7 Å². The average molecular weight is 314 g/mol. The molecule has 0 amide bonds. The minimum Gasteiger partial charge on any atom is -0.464 e. The minimum absolute atomic E-state index is 0.0583. The fourth-order valence-corrected chi connectivity index (χ4v) is 1.57. The lowest BCUT2D eigenvalue weighted by Crippen LogP contribution is -2.30. The van der Waals surface area contributed by atoms with Crippen LogP contribution in [0.2, 0.25) is 5.15 Å². The molecular formula is C11H11ClF3NO4. The topological polar surface area (TPSA) is 79.7 Å². The molecule has 0 aliphatic carbocycles. The summed E-state index contributed by atoms with van der Waals surface area (Å²) in [5.41, 5.74) is -1.67. The van der Waals surface area contributed by atoms with Crippen molar-refractivity contribution in [3.8, 4) is 0 Å². The Bertz CT molecular complexity index is 495. The molecule has 2 atom stereocenters. The lowest BCUT2D eigenvalue weighted by Gasteiger charge is -2.18. The van der Waals surface area contributed by atoms with E-state index in [1.54, 1.807) is 0 Å². The van der Waals surface area contributed by atoms with Crippen LogP contribution in [0.1, 0.15) is 24.2 Å². The third-order valence-corrected chi connectivity index (χ3v) is 2.66. The highest BCUT2D eigenvalue weighted by atomic mass is 35.5. The Labute approximate surface area is 117 Å². The highest BCUT2D eigenvalue weighted by molar-refractivity contribution is 6.30. The van der Waals surface area contributed by atoms with Crippen LogP contribution in [-0.4, -0.2) is 33.9 Å². The molecule has 112 valence electrons. The summed E-state index contributed by atoms with van der Waals surface area (Å²) < 4.78 is 42.0. The molecule has 0 bridgehead atoms. The fourth-order valence-electron chi connectivity index (χ4n) is 1.35. The van der Waals surface area contributed by atoms with E-state index < -0.39 is 40.6 Å². The van der Waals surface area contributed by atoms with Crippen LogP contribution in [0.3, 0.4) is 0 Å². The van der Waals surface area contributed by atoms with E-state index in [-0.39, 0.29) is 6.61 Å². The standard InChI is InChI=1S/C11H11ClF3NO4/c1-2-20-10(19)8(18)7(17)6-3-5(11(13,14)15)4-16-9(6)12/h3-4,7-8,17-18H,2H2,1H3. The SMILES string of the molecule is CCOC(=O)C(O)C(O)c1cc(C(F)(F)F)cnc1Cl. The average Bonchev–Trinajstić information content (AvgIpc) is 2.36. The predicted octanol–water partition coefficient (Wildman–Crippen LogP) is 1.71. The van der Waals surface area contributed by atoms with Gasteiger partial charge in [0.1, 0.15) is 11.3 Å². The fraction of sp³-hybridized carbons (Fsp3) is 0.455. The van der Waals surface area contributed by atoms with Crippen molar-refractivity contribution < 1.29 is 32.9 Å². The van der Waals surface area contributed by atoms with E-state index >= 15 is 0 Å². The van der Waals surface area contributed by atoms with E-state index in [4.69, 9.17) is 11.6 Å². The van der Waals surface area contributed by atoms with Crippen molar-refractivity contribution in [2.75, 3.05) is 6.61 Å². The van der Waals surface area contributed by atoms with E-state index in [1.165, 1.54) is 6.92 Å². The maximum absolute atomic E-state index is 12.5. The molecule has 0 aliphatic rings. The zero-order valence-corrected chi connectivity index (χ0v) is 10.9. The molecule has 0 aromatic carbocycles. The van der Waals surface area contributed by atoms with Gasteiger partial charge in [-0.05, 0) is 13.0 Å². The molecule has 1 aromatic rings. The van der Waals surface area contributed by atoms with Gasteiger partial charge >= 0.3 is 12.1 Å². The molecule has 5 nitrogen and oxygen atoms in total. The number of aromatic nitrogens is 1. The Morgan fingerprint density at radius 2 is 2.10 bits per heavy atom. The second kappa shape index (κ2) is 6.38. The van der Waals surface area contributed by atoms with Crippen molar-refractivity contribution in [3.63, 3.8) is 0 Å². The number of alkyl halides is 3. The Hall–Kier alpha value is -1.38. The van der Waals surface area contributed by atoms with E-state index in [1.807, 2.05) is 0 Å². The third-order valence-electron chi connectivity index (χ3n) is 2.34. The minimum atomic E-state index is -4.69. The number of hydrogen-bond acceptors (Lipinski definition) is 5. The third kappa shape index (κ3) is 3.81. The van der Waals surface area contributed by atoms with Crippen molar-refractivity contribution in [1.29, 1.82) is 0 Å².